The Kier molecular flexibility index (Phi) is 7.95. The lowest BCUT2D eigenvalue weighted by Gasteiger charge is -2.28. The van der Waals surface area contributed by atoms with Gasteiger partial charge in [-0.25, -0.2) is 0 Å². The predicted octanol–water partition coefficient (Wildman–Crippen LogP) is 13.3. The maximum atomic E-state index is 6.98. The fraction of sp³-hybridized carbons (Fsp3) is 0. The zero-order valence-corrected chi connectivity index (χ0v) is 32.6. The second kappa shape index (κ2) is 13.9. The summed E-state index contributed by atoms with van der Waals surface area (Å²) in [5.41, 5.74) is 12.9. The molecule has 10 aromatic carbocycles. The van der Waals surface area contributed by atoms with Crippen molar-refractivity contribution in [2.24, 2.45) is 0 Å². The molecule has 0 N–H and O–H groups in total. The average molecular weight is 766 g/mol. The van der Waals surface area contributed by atoms with Gasteiger partial charge in [0.1, 0.15) is 17.1 Å². The first-order chi connectivity index (χ1) is 29.8. The van der Waals surface area contributed by atoms with Crippen LogP contribution in [0.1, 0.15) is 0 Å². The Morgan fingerprint density at radius 3 is 1.87 bits per heavy atom. The zero-order chi connectivity index (χ0) is 39.6. The van der Waals surface area contributed by atoms with Crippen LogP contribution >= 0.6 is 0 Å². The number of hydrogen-bond acceptors (Lipinski definition) is 3. The summed E-state index contributed by atoms with van der Waals surface area (Å²) < 4.78 is 13.9. The molecule has 2 heterocycles. The summed E-state index contributed by atoms with van der Waals surface area (Å²) in [5, 5.41) is 7.00. The van der Waals surface area contributed by atoms with Gasteiger partial charge in [-0.15, -0.1) is 0 Å². The predicted molar refractivity (Wildman–Crippen MR) is 252 cm³/mol. The summed E-state index contributed by atoms with van der Waals surface area (Å²) in [6.07, 6.45) is 0. The van der Waals surface area contributed by atoms with Gasteiger partial charge in [0, 0.05) is 39.0 Å². The molecule has 0 aliphatic carbocycles. The number of anilines is 3. The second-order valence-corrected chi connectivity index (χ2v) is 15.6. The molecule has 0 amide bonds. The van der Waals surface area contributed by atoms with E-state index in [-0.39, 0.29) is 6.71 Å². The fourth-order valence-electron chi connectivity index (χ4n) is 9.54. The molecule has 60 heavy (non-hydrogen) atoms. The third kappa shape index (κ3) is 5.45. The molecular weight excluding hydrogens is 729 g/mol. The third-order valence-electron chi connectivity index (χ3n) is 12.2. The van der Waals surface area contributed by atoms with Gasteiger partial charge < -0.3 is 14.1 Å². The van der Waals surface area contributed by atoms with E-state index in [1.54, 1.807) is 0 Å². The Bertz CT molecular complexity index is 3410. The van der Waals surface area contributed by atoms with Crippen molar-refractivity contribution in [3.8, 4) is 33.8 Å². The van der Waals surface area contributed by atoms with Crippen molar-refractivity contribution in [2.45, 2.75) is 0 Å². The SMILES string of the molecule is c1ccc(B(c2cccc3ccccc23)c2ccc3c4c(cccc24)Oc2cc(N(c4ccccc4)c4cccc5c4oc4c(-c6ccccc6)cccc45)ccc2-3)cc1. The molecule has 0 atom stereocenters. The van der Waals surface area contributed by atoms with Gasteiger partial charge in [0.25, 0.3) is 0 Å². The monoisotopic (exact) mass is 765 g/mol. The maximum Gasteiger partial charge on any atom is 0.242 e. The van der Waals surface area contributed by atoms with Crippen molar-refractivity contribution in [3.05, 3.63) is 218 Å². The number of ether oxygens (including phenoxy) is 1. The number of furan rings is 1. The lowest BCUT2D eigenvalue weighted by Crippen LogP contribution is -2.52. The van der Waals surface area contributed by atoms with E-state index in [0.29, 0.717) is 0 Å². The largest absolute Gasteiger partial charge is 0.456 e. The minimum atomic E-state index is 0.0227. The van der Waals surface area contributed by atoms with Crippen LogP contribution in [0, 0.1) is 0 Å². The molecule has 12 rings (SSSR count). The Morgan fingerprint density at radius 1 is 0.383 bits per heavy atom. The molecule has 1 aromatic heterocycles. The molecule has 0 saturated heterocycles. The number of rotatable bonds is 7. The van der Waals surface area contributed by atoms with Crippen LogP contribution in [0.3, 0.4) is 0 Å². The standard InChI is InChI=1S/C56H36BNO2/c1-4-16-38(17-5-1)43-25-13-26-46-47-27-14-30-51(56(47)60-55(43)46)58(40-22-8-3-9-23-40)41-32-33-44-45-34-35-50(48-28-15-31-52(54(45)48)59-53(44)36-41)57(39-20-6-2-7-21-39)49-29-12-19-37-18-10-11-24-42(37)49/h1-36H. The first kappa shape index (κ1) is 34.2. The number of fused-ring (bicyclic) bond motifs is 6. The Balaban J connectivity index is 1.02. The van der Waals surface area contributed by atoms with Crippen LogP contribution in [0.15, 0.2) is 223 Å². The van der Waals surface area contributed by atoms with Gasteiger partial charge in [0.05, 0.1) is 11.4 Å². The number of benzene rings is 10. The second-order valence-electron chi connectivity index (χ2n) is 15.6. The molecule has 1 aliphatic heterocycles. The van der Waals surface area contributed by atoms with Crippen molar-refractivity contribution >= 4 is 83.6 Å². The van der Waals surface area contributed by atoms with Gasteiger partial charge in [-0.2, -0.15) is 0 Å². The van der Waals surface area contributed by atoms with E-state index < -0.39 is 0 Å². The van der Waals surface area contributed by atoms with Gasteiger partial charge in [-0.3, -0.25) is 0 Å². The average Bonchev–Trinajstić information content (AvgIpc) is 3.71. The fourth-order valence-corrected chi connectivity index (χ4v) is 9.54. The minimum absolute atomic E-state index is 0.0227. The molecule has 0 fully saturated rings. The van der Waals surface area contributed by atoms with Crippen molar-refractivity contribution in [2.75, 3.05) is 4.90 Å². The van der Waals surface area contributed by atoms with E-state index in [1.165, 1.54) is 38.1 Å². The van der Waals surface area contributed by atoms with E-state index in [2.05, 4.69) is 217 Å². The Morgan fingerprint density at radius 2 is 1.02 bits per heavy atom. The molecule has 11 aromatic rings. The topological polar surface area (TPSA) is 25.6 Å². The first-order valence-corrected chi connectivity index (χ1v) is 20.5. The van der Waals surface area contributed by atoms with E-state index >= 15 is 0 Å². The molecule has 0 bridgehead atoms. The Hall–Kier alpha value is -7.82. The highest BCUT2D eigenvalue weighted by Crippen LogP contribution is 2.50. The van der Waals surface area contributed by atoms with Gasteiger partial charge in [-0.1, -0.05) is 192 Å². The van der Waals surface area contributed by atoms with E-state index in [0.717, 1.165) is 72.6 Å². The van der Waals surface area contributed by atoms with Crippen LogP contribution in [0.5, 0.6) is 11.5 Å². The first-order valence-electron chi connectivity index (χ1n) is 20.5. The quantitative estimate of drug-likeness (QED) is 0.151. The lowest BCUT2D eigenvalue weighted by molar-refractivity contribution is 0.487. The van der Waals surface area contributed by atoms with Crippen molar-refractivity contribution in [3.63, 3.8) is 0 Å². The summed E-state index contributed by atoms with van der Waals surface area (Å²) >= 11 is 0. The molecule has 4 heteroatoms. The molecule has 0 saturated carbocycles. The summed E-state index contributed by atoms with van der Waals surface area (Å²) in [5.74, 6) is 1.68. The summed E-state index contributed by atoms with van der Waals surface area (Å²) in [6.45, 7) is 0.0227. The van der Waals surface area contributed by atoms with Crippen LogP contribution in [0.2, 0.25) is 0 Å². The molecule has 1 aliphatic rings. The van der Waals surface area contributed by atoms with Crippen molar-refractivity contribution < 1.29 is 9.15 Å². The van der Waals surface area contributed by atoms with Gasteiger partial charge in [-0.05, 0) is 63.7 Å². The number of hydrogen-bond donors (Lipinski definition) is 0. The highest BCUT2D eigenvalue weighted by Gasteiger charge is 2.30. The zero-order valence-electron chi connectivity index (χ0n) is 32.6. The lowest BCUT2D eigenvalue weighted by atomic mass is 9.35. The van der Waals surface area contributed by atoms with E-state index in [1.807, 2.05) is 6.07 Å². The Labute approximate surface area is 348 Å². The molecule has 280 valence electrons. The maximum absolute atomic E-state index is 6.98. The van der Waals surface area contributed by atoms with E-state index in [4.69, 9.17) is 9.15 Å². The van der Waals surface area contributed by atoms with Crippen LogP contribution in [0.25, 0.3) is 65.7 Å². The van der Waals surface area contributed by atoms with Crippen LogP contribution in [0.4, 0.5) is 17.1 Å². The normalized spacial score (nSPS) is 11.8. The summed E-state index contributed by atoms with van der Waals surface area (Å²) in [6, 6.07) is 77.9. The van der Waals surface area contributed by atoms with Crippen LogP contribution in [-0.4, -0.2) is 6.71 Å². The van der Waals surface area contributed by atoms with Gasteiger partial charge in [0.2, 0.25) is 6.71 Å². The smallest absolute Gasteiger partial charge is 0.242 e. The molecular formula is C56H36BNO2. The number of nitrogens with zero attached hydrogens (tertiary/aromatic N) is 1. The molecule has 3 nitrogen and oxygen atoms in total. The van der Waals surface area contributed by atoms with Crippen molar-refractivity contribution in [1.29, 1.82) is 0 Å². The van der Waals surface area contributed by atoms with Gasteiger partial charge in [0.15, 0.2) is 5.58 Å². The van der Waals surface area contributed by atoms with Crippen molar-refractivity contribution in [1.82, 2.24) is 0 Å². The molecule has 0 spiro atoms. The molecule has 0 unspecified atom stereocenters. The van der Waals surface area contributed by atoms with Gasteiger partial charge >= 0.3 is 0 Å². The summed E-state index contributed by atoms with van der Waals surface area (Å²) in [4.78, 5) is 2.28. The van der Waals surface area contributed by atoms with Crippen LogP contribution < -0.4 is 26.0 Å². The van der Waals surface area contributed by atoms with Crippen LogP contribution in [-0.2, 0) is 0 Å². The molecule has 0 radical (unpaired) electrons. The minimum Gasteiger partial charge on any atom is -0.456 e. The third-order valence-corrected chi connectivity index (χ3v) is 12.2. The number of para-hydroxylation sites is 3. The highest BCUT2D eigenvalue weighted by atomic mass is 16.5. The van der Waals surface area contributed by atoms with E-state index in [9.17, 15) is 0 Å². The summed E-state index contributed by atoms with van der Waals surface area (Å²) in [7, 11) is 0. The highest BCUT2D eigenvalue weighted by molar-refractivity contribution is 6.98.